The van der Waals surface area contributed by atoms with E-state index in [9.17, 15) is 9.59 Å². The van der Waals surface area contributed by atoms with Gasteiger partial charge in [-0.25, -0.2) is 9.78 Å². The van der Waals surface area contributed by atoms with E-state index in [1.54, 1.807) is 11.3 Å². The highest BCUT2D eigenvalue weighted by Crippen LogP contribution is 2.13. The zero-order valence-corrected chi connectivity index (χ0v) is 14.2. The van der Waals surface area contributed by atoms with E-state index in [4.69, 9.17) is 12.2 Å². The number of nitrogens with one attached hydrogen (secondary N) is 2. The Labute approximate surface area is 140 Å². The summed E-state index contributed by atoms with van der Waals surface area (Å²) in [6.07, 6.45) is 2.60. The molecule has 0 amide bonds. The van der Waals surface area contributed by atoms with Crippen LogP contribution in [-0.4, -0.2) is 19.5 Å². The van der Waals surface area contributed by atoms with Gasteiger partial charge in [0.1, 0.15) is 21.5 Å². The summed E-state index contributed by atoms with van der Waals surface area (Å²) in [5, 5.41) is 2.33. The molecule has 0 saturated carbocycles. The maximum atomic E-state index is 12.0. The van der Waals surface area contributed by atoms with Crippen molar-refractivity contribution in [2.45, 2.75) is 32.7 Å². The number of H-pyrrole nitrogens is 2. The Kier molecular flexibility index (Phi) is 4.53. The van der Waals surface area contributed by atoms with Gasteiger partial charge in [-0.1, -0.05) is 18.3 Å². The lowest BCUT2D eigenvalue weighted by Crippen LogP contribution is -2.31. The van der Waals surface area contributed by atoms with E-state index in [2.05, 4.69) is 26.4 Å². The number of hydrogen-bond acceptors (Lipinski definition) is 5. The fraction of sp³-hybridized carbons (Fsp3) is 0.333. The molecule has 0 atom stereocenters. The number of fused-ring (bicyclic) bond motifs is 1. The van der Waals surface area contributed by atoms with Gasteiger partial charge in [0.2, 0.25) is 0 Å². The first-order valence-electron chi connectivity index (χ1n) is 7.38. The third-order valence-corrected chi connectivity index (χ3v) is 4.88. The summed E-state index contributed by atoms with van der Waals surface area (Å²) in [5.74, 6) is 0.700. The molecule has 8 heteroatoms. The van der Waals surface area contributed by atoms with Crippen molar-refractivity contribution in [2.24, 2.45) is 0 Å². The van der Waals surface area contributed by atoms with Crippen molar-refractivity contribution in [2.75, 3.05) is 0 Å². The summed E-state index contributed by atoms with van der Waals surface area (Å²) < 4.78 is 1.70. The third-order valence-electron chi connectivity index (χ3n) is 3.65. The Bertz CT molecular complexity index is 999. The van der Waals surface area contributed by atoms with E-state index >= 15 is 0 Å². The Balaban J connectivity index is 1.98. The Morgan fingerprint density at radius 1 is 1.30 bits per heavy atom. The largest absolute Gasteiger partial charge is 0.329 e. The van der Waals surface area contributed by atoms with Crippen LogP contribution in [0.5, 0.6) is 0 Å². The lowest BCUT2D eigenvalue weighted by Gasteiger charge is -2.09. The van der Waals surface area contributed by atoms with Gasteiger partial charge in [0.15, 0.2) is 0 Å². The lowest BCUT2D eigenvalue weighted by atomic mass is 10.2. The zero-order valence-electron chi connectivity index (χ0n) is 12.6. The van der Waals surface area contributed by atoms with Gasteiger partial charge in [0.05, 0.1) is 0 Å². The monoisotopic (exact) mass is 348 g/mol. The zero-order chi connectivity index (χ0) is 16.4. The molecule has 0 saturated heterocycles. The van der Waals surface area contributed by atoms with Crippen molar-refractivity contribution >= 4 is 34.6 Å². The van der Waals surface area contributed by atoms with Crippen LogP contribution in [-0.2, 0) is 19.4 Å². The second kappa shape index (κ2) is 6.59. The molecule has 120 valence electrons. The maximum Gasteiger partial charge on any atom is 0.329 e. The second-order valence-electron chi connectivity index (χ2n) is 5.15. The van der Waals surface area contributed by atoms with E-state index in [0.29, 0.717) is 24.4 Å². The van der Waals surface area contributed by atoms with E-state index in [1.165, 1.54) is 9.44 Å². The fourth-order valence-corrected chi connectivity index (χ4v) is 3.60. The third kappa shape index (κ3) is 3.18. The molecule has 0 aliphatic carbocycles. The molecule has 3 aromatic heterocycles. The van der Waals surface area contributed by atoms with Crippen LogP contribution < -0.4 is 11.2 Å². The van der Waals surface area contributed by atoms with Gasteiger partial charge in [-0.3, -0.25) is 14.3 Å². The van der Waals surface area contributed by atoms with Crippen LogP contribution in [0.15, 0.2) is 27.1 Å². The predicted octanol–water partition coefficient (Wildman–Crippen LogP) is 2.40. The minimum Gasteiger partial charge on any atom is -0.329 e. The van der Waals surface area contributed by atoms with E-state index in [1.807, 2.05) is 13.0 Å². The predicted molar refractivity (Wildman–Crippen MR) is 93.8 cm³/mol. The number of aryl methyl sites for hydroxylation is 3. The van der Waals surface area contributed by atoms with Gasteiger partial charge < -0.3 is 4.98 Å². The van der Waals surface area contributed by atoms with E-state index in [0.717, 1.165) is 12.8 Å². The molecule has 0 aromatic carbocycles. The van der Waals surface area contributed by atoms with Crippen LogP contribution in [0.2, 0.25) is 0 Å². The van der Waals surface area contributed by atoms with Crippen LogP contribution in [0.4, 0.5) is 0 Å². The normalized spacial score (nSPS) is 11.2. The molecule has 0 fully saturated rings. The van der Waals surface area contributed by atoms with Crippen molar-refractivity contribution in [3.8, 4) is 0 Å². The maximum absolute atomic E-state index is 12.0. The van der Waals surface area contributed by atoms with Crippen molar-refractivity contribution in [3.63, 3.8) is 0 Å². The summed E-state index contributed by atoms with van der Waals surface area (Å²) in [6, 6.07) is 4.14. The standard InChI is InChI=1S/C15H16N4O2S2/c1-2-19-12-11(13(20)18-15(19)21)14(22)17-10(16-12)7-3-5-9-6-4-8-23-9/h4,6,8H,2-3,5,7H2,1H3,(H,16,17,22)(H,18,20,21). The molecule has 0 spiro atoms. The van der Waals surface area contributed by atoms with Crippen molar-refractivity contribution < 1.29 is 0 Å². The molecule has 2 N–H and O–H groups in total. The van der Waals surface area contributed by atoms with Crippen molar-refractivity contribution in [1.82, 2.24) is 19.5 Å². The Morgan fingerprint density at radius 3 is 2.83 bits per heavy atom. The minimum atomic E-state index is -0.492. The topological polar surface area (TPSA) is 83.5 Å². The lowest BCUT2D eigenvalue weighted by molar-refractivity contribution is 0.706. The molecule has 0 bridgehead atoms. The van der Waals surface area contributed by atoms with Gasteiger partial charge in [-0.2, -0.15) is 0 Å². The SMILES string of the molecule is CCn1c(=O)[nH]c(=O)c2c(=S)nc(CCCc3cccs3)[nH]c21. The average molecular weight is 348 g/mol. The van der Waals surface area contributed by atoms with E-state index < -0.39 is 11.2 Å². The molecule has 3 aromatic rings. The van der Waals surface area contributed by atoms with Gasteiger partial charge in [-0.15, -0.1) is 11.3 Å². The molecule has 0 aliphatic heterocycles. The highest BCUT2D eigenvalue weighted by Gasteiger charge is 2.11. The first-order chi connectivity index (χ1) is 11.1. The summed E-state index contributed by atoms with van der Waals surface area (Å²) >= 11 is 6.98. The highest BCUT2D eigenvalue weighted by molar-refractivity contribution is 7.71. The Morgan fingerprint density at radius 2 is 2.13 bits per heavy atom. The average Bonchev–Trinajstić information content (AvgIpc) is 3.00. The molecule has 0 unspecified atom stereocenters. The summed E-state index contributed by atoms with van der Waals surface area (Å²) in [4.78, 5) is 34.9. The van der Waals surface area contributed by atoms with Gasteiger partial charge in [-0.05, 0) is 31.2 Å². The Hall–Kier alpha value is -2.06. The number of thiophene rings is 1. The number of rotatable bonds is 5. The quantitative estimate of drug-likeness (QED) is 0.694. The molecule has 0 radical (unpaired) electrons. The molecular weight excluding hydrogens is 332 g/mol. The van der Waals surface area contributed by atoms with Crippen LogP contribution in [0.3, 0.4) is 0 Å². The number of aromatic amines is 2. The summed E-state index contributed by atoms with van der Waals surface area (Å²) in [5.41, 5.74) is -0.479. The molecule has 23 heavy (non-hydrogen) atoms. The molecule has 0 aliphatic rings. The summed E-state index contributed by atoms with van der Waals surface area (Å²) in [7, 11) is 0. The first-order valence-corrected chi connectivity index (χ1v) is 8.67. The van der Waals surface area contributed by atoms with Crippen LogP contribution in [0.25, 0.3) is 11.0 Å². The number of nitrogens with zero attached hydrogens (tertiary/aromatic N) is 2. The van der Waals surface area contributed by atoms with Crippen molar-refractivity contribution in [3.05, 3.63) is 53.7 Å². The molecule has 3 rings (SSSR count). The highest BCUT2D eigenvalue weighted by atomic mass is 32.1. The molecule has 3 heterocycles. The van der Waals surface area contributed by atoms with Gasteiger partial charge in [0.25, 0.3) is 5.56 Å². The summed E-state index contributed by atoms with van der Waals surface area (Å²) in [6.45, 7) is 2.28. The van der Waals surface area contributed by atoms with E-state index in [-0.39, 0.29) is 10.0 Å². The van der Waals surface area contributed by atoms with Gasteiger partial charge in [0, 0.05) is 17.8 Å². The smallest absolute Gasteiger partial charge is 0.329 e. The first kappa shape index (κ1) is 15.8. The number of aromatic nitrogens is 4. The van der Waals surface area contributed by atoms with Gasteiger partial charge >= 0.3 is 5.69 Å². The van der Waals surface area contributed by atoms with Crippen LogP contribution in [0, 0.1) is 4.64 Å². The molecule has 6 nitrogen and oxygen atoms in total. The van der Waals surface area contributed by atoms with Crippen LogP contribution in [0.1, 0.15) is 24.0 Å². The fourth-order valence-electron chi connectivity index (χ4n) is 2.55. The van der Waals surface area contributed by atoms with Crippen molar-refractivity contribution in [1.29, 1.82) is 0 Å². The van der Waals surface area contributed by atoms with Crippen LogP contribution >= 0.6 is 23.6 Å². The number of hydrogen-bond donors (Lipinski definition) is 2. The minimum absolute atomic E-state index is 0.230. The molecular formula is C15H16N4O2S2. The second-order valence-corrected chi connectivity index (χ2v) is 6.57.